The van der Waals surface area contributed by atoms with E-state index in [9.17, 15) is 0 Å². The minimum Gasteiger partial charge on any atom is -0.361 e. The van der Waals surface area contributed by atoms with Crippen LogP contribution in [0.1, 0.15) is 22.3 Å². The second kappa shape index (κ2) is 14.9. The van der Waals surface area contributed by atoms with Gasteiger partial charge in [-0.3, -0.25) is 0 Å². The molecule has 264 valence electrons. The van der Waals surface area contributed by atoms with Gasteiger partial charge in [0, 0.05) is 119 Å². The van der Waals surface area contributed by atoms with Crippen LogP contribution in [0.2, 0.25) is 0 Å². The number of aromatic nitrogens is 4. The number of benzene rings is 4. The molecule has 1 saturated heterocycles. The normalized spacial score (nSPS) is 20.8. The number of H-pyrrole nitrogens is 4. The predicted octanol–water partition coefficient (Wildman–Crippen LogP) is 6.73. The van der Waals surface area contributed by atoms with Crippen LogP contribution in [-0.2, 0) is 25.7 Å². The van der Waals surface area contributed by atoms with Gasteiger partial charge in [0.25, 0.3) is 0 Å². The Hall–Kier alpha value is -5.12. The van der Waals surface area contributed by atoms with Crippen molar-refractivity contribution in [2.24, 2.45) is 0 Å². The summed E-state index contributed by atoms with van der Waals surface area (Å²) in [6.07, 6.45) is 12.5. The van der Waals surface area contributed by atoms with Gasteiger partial charge in [-0.05, 0) is 72.2 Å². The molecule has 0 unspecified atom stereocenters. The van der Waals surface area contributed by atoms with Gasteiger partial charge in [0.2, 0.25) is 0 Å². The second-order valence-corrected chi connectivity index (χ2v) is 14.7. The van der Waals surface area contributed by atoms with Crippen molar-refractivity contribution in [3.63, 3.8) is 0 Å². The molecule has 0 bridgehead atoms. The van der Waals surface area contributed by atoms with E-state index < -0.39 is 0 Å². The molecule has 0 aliphatic carbocycles. The maximum atomic E-state index is 4.06. The van der Waals surface area contributed by atoms with Crippen LogP contribution in [0, 0.1) is 0 Å². The Morgan fingerprint density at radius 1 is 0.327 bits per heavy atom. The SMILES string of the molecule is c1ccc2c(C[C@H]3CN[C@@H](Cc4c[nH]c5ccccc45)CN[C@@H](Cc4c[nH]c5ccccc45)CN[C@@H](Cc4c[nH]c5ccccc45)CN3)c[nH]c2c1. The third-order valence-electron chi connectivity index (χ3n) is 11.2. The average Bonchev–Trinajstić information content (AvgIpc) is 3.99. The van der Waals surface area contributed by atoms with Gasteiger partial charge in [-0.25, -0.2) is 0 Å². The molecule has 8 N–H and O–H groups in total. The van der Waals surface area contributed by atoms with Crippen LogP contribution in [-0.4, -0.2) is 70.3 Å². The minimum atomic E-state index is 0.249. The molecule has 1 fully saturated rings. The Morgan fingerprint density at radius 2 is 0.558 bits per heavy atom. The first kappa shape index (κ1) is 32.8. The summed E-state index contributed by atoms with van der Waals surface area (Å²) in [5, 5.41) is 21.5. The van der Waals surface area contributed by atoms with E-state index in [-0.39, 0.29) is 24.2 Å². The summed E-state index contributed by atoms with van der Waals surface area (Å²) in [4.78, 5) is 14.0. The van der Waals surface area contributed by atoms with E-state index in [1.165, 1.54) is 65.9 Å². The van der Waals surface area contributed by atoms with E-state index in [2.05, 4.69) is 163 Å². The Morgan fingerprint density at radius 3 is 0.808 bits per heavy atom. The standard InChI is InChI=1S/C44H48N8/c1-5-13-41-37(9-1)29(21-49-41)17-33-25-46-35(19-31-23-51-43-15-7-3-11-39(31)43)27-48-36(20-32-24-52-44-16-8-4-12-40(32)44)28-47-34(26-45-33)18-30-22-50-42-14-6-2-10-38(30)42/h1-16,21-24,33-36,45-52H,17-20,25-28H2/t33-,34-,35-,36-/m0/s1. The first-order valence-electron chi connectivity index (χ1n) is 18.9. The molecular formula is C44H48N8. The molecule has 52 heavy (non-hydrogen) atoms. The van der Waals surface area contributed by atoms with Gasteiger partial charge in [0.05, 0.1) is 0 Å². The van der Waals surface area contributed by atoms with Crippen molar-refractivity contribution >= 4 is 43.6 Å². The molecular weight excluding hydrogens is 641 g/mol. The number of hydrogen-bond donors (Lipinski definition) is 8. The zero-order chi connectivity index (χ0) is 34.7. The van der Waals surface area contributed by atoms with Crippen LogP contribution in [0.5, 0.6) is 0 Å². The summed E-state index contributed by atoms with van der Waals surface area (Å²) in [7, 11) is 0. The van der Waals surface area contributed by atoms with Crippen LogP contribution >= 0.6 is 0 Å². The van der Waals surface area contributed by atoms with Crippen molar-refractivity contribution < 1.29 is 0 Å². The molecule has 4 aromatic heterocycles. The van der Waals surface area contributed by atoms with E-state index in [4.69, 9.17) is 0 Å². The minimum absolute atomic E-state index is 0.249. The molecule has 0 radical (unpaired) electrons. The molecule has 1 aliphatic heterocycles. The summed E-state index contributed by atoms with van der Waals surface area (Å²) in [5.41, 5.74) is 10.2. The highest BCUT2D eigenvalue weighted by atomic mass is 15.1. The first-order chi connectivity index (χ1) is 25.7. The summed E-state index contributed by atoms with van der Waals surface area (Å²) in [6.45, 7) is 3.45. The highest BCUT2D eigenvalue weighted by molar-refractivity contribution is 5.85. The highest BCUT2D eigenvalue weighted by Gasteiger charge is 2.23. The van der Waals surface area contributed by atoms with Crippen molar-refractivity contribution in [2.45, 2.75) is 49.9 Å². The van der Waals surface area contributed by atoms with E-state index in [1.807, 2.05) is 0 Å². The molecule has 0 amide bonds. The predicted molar refractivity (Wildman–Crippen MR) is 215 cm³/mol. The molecule has 1 aliphatic rings. The monoisotopic (exact) mass is 688 g/mol. The highest BCUT2D eigenvalue weighted by Crippen LogP contribution is 2.23. The topological polar surface area (TPSA) is 111 Å². The van der Waals surface area contributed by atoms with E-state index in [0.29, 0.717) is 0 Å². The molecule has 8 aromatic rings. The third kappa shape index (κ3) is 7.03. The fraction of sp³-hybridized carbons (Fsp3) is 0.273. The van der Waals surface area contributed by atoms with Gasteiger partial charge in [-0.2, -0.15) is 0 Å². The zero-order valence-electron chi connectivity index (χ0n) is 29.5. The number of aromatic amines is 4. The van der Waals surface area contributed by atoms with Crippen molar-refractivity contribution in [1.29, 1.82) is 0 Å². The Balaban J connectivity index is 1.01. The van der Waals surface area contributed by atoms with Crippen LogP contribution in [0.4, 0.5) is 0 Å². The summed E-state index contributed by atoms with van der Waals surface area (Å²) >= 11 is 0. The lowest BCUT2D eigenvalue weighted by Crippen LogP contribution is -2.55. The maximum Gasteiger partial charge on any atom is 0.0456 e. The molecule has 4 atom stereocenters. The van der Waals surface area contributed by atoms with E-state index in [1.54, 1.807) is 0 Å². The Kier molecular flexibility index (Phi) is 9.36. The summed E-state index contributed by atoms with van der Waals surface area (Å²) in [5.74, 6) is 0. The Bertz CT molecular complexity index is 2040. The summed E-state index contributed by atoms with van der Waals surface area (Å²) in [6, 6.07) is 35.6. The van der Waals surface area contributed by atoms with Gasteiger partial charge in [0.15, 0.2) is 0 Å². The molecule has 4 aromatic carbocycles. The molecule has 0 spiro atoms. The van der Waals surface area contributed by atoms with E-state index in [0.717, 1.165) is 51.9 Å². The zero-order valence-corrected chi connectivity index (χ0v) is 29.5. The van der Waals surface area contributed by atoms with Crippen molar-refractivity contribution in [1.82, 2.24) is 41.2 Å². The maximum absolute atomic E-state index is 4.06. The quantitative estimate of drug-likeness (QED) is 0.0906. The van der Waals surface area contributed by atoms with Crippen LogP contribution in [0.3, 0.4) is 0 Å². The Labute approximate surface area is 304 Å². The fourth-order valence-electron chi connectivity index (χ4n) is 8.37. The van der Waals surface area contributed by atoms with Crippen molar-refractivity contribution in [2.75, 3.05) is 26.2 Å². The largest absolute Gasteiger partial charge is 0.361 e. The molecule has 8 nitrogen and oxygen atoms in total. The number of para-hydroxylation sites is 4. The number of rotatable bonds is 8. The average molecular weight is 689 g/mol. The molecule has 0 saturated carbocycles. The number of nitrogens with one attached hydrogen (secondary N) is 8. The lowest BCUT2D eigenvalue weighted by atomic mass is 9.99. The van der Waals surface area contributed by atoms with Gasteiger partial charge in [0.1, 0.15) is 0 Å². The van der Waals surface area contributed by atoms with Gasteiger partial charge in [-0.15, -0.1) is 0 Å². The van der Waals surface area contributed by atoms with E-state index >= 15 is 0 Å². The van der Waals surface area contributed by atoms with Gasteiger partial charge < -0.3 is 41.2 Å². The molecule has 9 rings (SSSR count). The number of fused-ring (bicyclic) bond motifs is 4. The van der Waals surface area contributed by atoms with Gasteiger partial charge in [-0.1, -0.05) is 72.8 Å². The second-order valence-electron chi connectivity index (χ2n) is 14.7. The van der Waals surface area contributed by atoms with Crippen molar-refractivity contribution in [3.8, 4) is 0 Å². The molecule has 5 heterocycles. The van der Waals surface area contributed by atoms with Crippen molar-refractivity contribution in [3.05, 3.63) is 144 Å². The number of hydrogen-bond acceptors (Lipinski definition) is 4. The lowest BCUT2D eigenvalue weighted by molar-refractivity contribution is 0.343. The fourth-order valence-corrected chi connectivity index (χ4v) is 8.37. The summed E-state index contributed by atoms with van der Waals surface area (Å²) < 4.78 is 0. The van der Waals surface area contributed by atoms with Crippen LogP contribution in [0.25, 0.3) is 43.6 Å². The molecule has 8 heteroatoms. The van der Waals surface area contributed by atoms with Crippen LogP contribution < -0.4 is 21.3 Å². The third-order valence-corrected chi connectivity index (χ3v) is 11.2. The van der Waals surface area contributed by atoms with Gasteiger partial charge >= 0.3 is 0 Å². The first-order valence-corrected chi connectivity index (χ1v) is 18.9. The van der Waals surface area contributed by atoms with Crippen LogP contribution in [0.15, 0.2) is 122 Å². The smallest absolute Gasteiger partial charge is 0.0456 e. The lowest BCUT2D eigenvalue weighted by Gasteiger charge is -2.31.